The maximum atomic E-state index is 9.59. The van der Waals surface area contributed by atoms with E-state index in [2.05, 4.69) is 0 Å². The Balaban J connectivity index is 1.96. The molecule has 0 saturated carbocycles. The van der Waals surface area contributed by atoms with Gasteiger partial charge in [0, 0.05) is 0 Å². The summed E-state index contributed by atoms with van der Waals surface area (Å²) >= 11 is 0. The average molecular weight is 360 g/mol. The first-order chi connectivity index (χ1) is 12.6. The van der Waals surface area contributed by atoms with Crippen LogP contribution in [0.4, 0.5) is 0 Å². The summed E-state index contributed by atoms with van der Waals surface area (Å²) in [5, 5.41) is 9.59. The molecule has 26 heavy (non-hydrogen) atoms. The van der Waals surface area contributed by atoms with Gasteiger partial charge in [0.2, 0.25) is 5.75 Å². The van der Waals surface area contributed by atoms with Crippen molar-refractivity contribution in [2.24, 2.45) is 0 Å². The van der Waals surface area contributed by atoms with Crippen molar-refractivity contribution in [3.63, 3.8) is 0 Å². The van der Waals surface area contributed by atoms with E-state index in [0.29, 0.717) is 36.2 Å². The molecule has 0 spiro atoms. The molecule has 0 unspecified atom stereocenters. The molecule has 0 aliphatic rings. The summed E-state index contributed by atoms with van der Waals surface area (Å²) in [6.45, 7) is 0.843. The molecular weight excluding hydrogens is 336 g/mol. The minimum absolute atomic E-state index is 0.110. The van der Waals surface area contributed by atoms with Gasteiger partial charge >= 0.3 is 0 Å². The van der Waals surface area contributed by atoms with Gasteiger partial charge in [-0.1, -0.05) is 18.2 Å². The molecule has 6 nitrogen and oxygen atoms in total. The van der Waals surface area contributed by atoms with Gasteiger partial charge in [-0.3, -0.25) is 0 Å². The van der Waals surface area contributed by atoms with Crippen LogP contribution in [0.15, 0.2) is 36.4 Å². The first kappa shape index (κ1) is 19.5. The van der Waals surface area contributed by atoms with Crippen LogP contribution in [0.3, 0.4) is 0 Å². The number of ether oxygens (including phenoxy) is 5. The highest BCUT2D eigenvalue weighted by molar-refractivity contribution is 5.62. The van der Waals surface area contributed by atoms with Crippen LogP contribution in [0.25, 0.3) is 6.08 Å². The molecule has 0 bridgehead atoms. The second-order valence-electron chi connectivity index (χ2n) is 5.38. The minimum Gasteiger partial charge on any atom is -0.504 e. The summed E-state index contributed by atoms with van der Waals surface area (Å²) in [7, 11) is 6.25. The largest absolute Gasteiger partial charge is 0.504 e. The first-order valence-corrected chi connectivity index (χ1v) is 8.03. The lowest BCUT2D eigenvalue weighted by molar-refractivity contribution is 0.149. The van der Waals surface area contributed by atoms with Crippen LogP contribution in [0, 0.1) is 0 Å². The number of rotatable bonds is 9. The molecule has 2 aromatic rings. The Morgan fingerprint density at radius 2 is 1.50 bits per heavy atom. The van der Waals surface area contributed by atoms with Gasteiger partial charge in [0.05, 0.1) is 41.7 Å². The fourth-order valence-electron chi connectivity index (χ4n) is 2.44. The van der Waals surface area contributed by atoms with Crippen molar-refractivity contribution in [3.05, 3.63) is 47.5 Å². The van der Waals surface area contributed by atoms with Crippen LogP contribution in [0.2, 0.25) is 0 Å². The third-order valence-corrected chi connectivity index (χ3v) is 3.72. The molecule has 0 heterocycles. The molecule has 140 valence electrons. The van der Waals surface area contributed by atoms with Gasteiger partial charge in [-0.15, -0.1) is 0 Å². The van der Waals surface area contributed by atoms with Gasteiger partial charge in [-0.05, 0) is 35.4 Å². The third kappa shape index (κ3) is 4.83. The lowest BCUT2D eigenvalue weighted by Crippen LogP contribution is -1.96. The third-order valence-electron chi connectivity index (χ3n) is 3.72. The molecule has 6 heteroatoms. The van der Waals surface area contributed by atoms with Gasteiger partial charge < -0.3 is 28.8 Å². The number of aromatic hydroxyl groups is 1. The smallest absolute Gasteiger partial charge is 0.203 e. The maximum Gasteiger partial charge on any atom is 0.203 e. The average Bonchev–Trinajstić information content (AvgIpc) is 2.67. The fourth-order valence-corrected chi connectivity index (χ4v) is 2.44. The van der Waals surface area contributed by atoms with Gasteiger partial charge in [-0.2, -0.15) is 0 Å². The Labute approximate surface area is 153 Å². The van der Waals surface area contributed by atoms with E-state index < -0.39 is 0 Å². The normalized spacial score (nSPS) is 10.8. The van der Waals surface area contributed by atoms with Crippen molar-refractivity contribution < 1.29 is 28.8 Å². The second-order valence-corrected chi connectivity index (χ2v) is 5.38. The summed E-state index contributed by atoms with van der Waals surface area (Å²) in [6.07, 6.45) is 3.82. The lowest BCUT2D eigenvalue weighted by atomic mass is 10.1. The van der Waals surface area contributed by atoms with Gasteiger partial charge in [0.1, 0.15) is 0 Å². The van der Waals surface area contributed by atoms with Crippen molar-refractivity contribution in [1.29, 1.82) is 0 Å². The number of methoxy groups -OCH3 is 4. The van der Waals surface area contributed by atoms with Crippen LogP contribution < -0.4 is 18.9 Å². The van der Waals surface area contributed by atoms with Crippen molar-refractivity contribution in [2.45, 2.75) is 6.61 Å². The Morgan fingerprint density at radius 1 is 0.846 bits per heavy atom. The SMILES string of the molecule is COc1cc(COCC=Cc2cc(OC)c(OC)c(OC)c2)ccc1O. The highest BCUT2D eigenvalue weighted by atomic mass is 16.5. The summed E-state index contributed by atoms with van der Waals surface area (Å²) in [4.78, 5) is 0. The van der Waals surface area contributed by atoms with Gasteiger partial charge in [0.15, 0.2) is 23.0 Å². The molecule has 2 aromatic carbocycles. The molecule has 0 fully saturated rings. The van der Waals surface area contributed by atoms with E-state index in [1.807, 2.05) is 24.3 Å². The van der Waals surface area contributed by atoms with Gasteiger partial charge in [0.25, 0.3) is 0 Å². The molecule has 0 radical (unpaired) electrons. The number of benzene rings is 2. The number of phenolic OH excluding ortho intramolecular Hbond substituents is 1. The minimum atomic E-state index is 0.110. The van der Waals surface area contributed by atoms with E-state index in [9.17, 15) is 5.11 Å². The van der Waals surface area contributed by atoms with E-state index in [-0.39, 0.29) is 5.75 Å². The second kappa shape index (κ2) is 9.58. The summed E-state index contributed by atoms with van der Waals surface area (Å²) in [5.74, 6) is 2.30. The molecule has 1 N–H and O–H groups in total. The van der Waals surface area contributed by atoms with Crippen LogP contribution >= 0.6 is 0 Å². The zero-order valence-electron chi connectivity index (χ0n) is 15.4. The van der Waals surface area contributed by atoms with Gasteiger partial charge in [-0.25, -0.2) is 0 Å². The number of hydrogen-bond acceptors (Lipinski definition) is 6. The van der Waals surface area contributed by atoms with E-state index in [4.69, 9.17) is 23.7 Å². The van der Waals surface area contributed by atoms with E-state index in [0.717, 1.165) is 11.1 Å². The molecule has 0 saturated heterocycles. The van der Waals surface area contributed by atoms with E-state index in [1.54, 1.807) is 39.5 Å². The van der Waals surface area contributed by atoms with Crippen molar-refractivity contribution >= 4 is 6.08 Å². The number of hydrogen-bond donors (Lipinski definition) is 1. The topological polar surface area (TPSA) is 66.4 Å². The van der Waals surface area contributed by atoms with Crippen LogP contribution in [0.5, 0.6) is 28.7 Å². The predicted molar refractivity (Wildman–Crippen MR) is 99.4 cm³/mol. The van der Waals surface area contributed by atoms with Crippen LogP contribution in [-0.2, 0) is 11.3 Å². The molecule has 2 rings (SSSR count). The molecule has 0 aliphatic heterocycles. The predicted octanol–water partition coefficient (Wildman–Crippen LogP) is 3.66. The molecular formula is C20H24O6. The monoisotopic (exact) mass is 360 g/mol. The fraction of sp³-hybridized carbons (Fsp3) is 0.300. The molecule has 0 aliphatic carbocycles. The Morgan fingerprint density at radius 3 is 2.08 bits per heavy atom. The molecule has 0 amide bonds. The summed E-state index contributed by atoms with van der Waals surface area (Å²) < 4.78 is 26.7. The Kier molecular flexibility index (Phi) is 7.17. The quantitative estimate of drug-likeness (QED) is 0.689. The molecule has 0 atom stereocenters. The summed E-state index contributed by atoms with van der Waals surface area (Å²) in [5.41, 5.74) is 1.83. The highest BCUT2D eigenvalue weighted by Gasteiger charge is 2.11. The number of phenols is 1. The lowest BCUT2D eigenvalue weighted by Gasteiger charge is -2.12. The van der Waals surface area contributed by atoms with E-state index in [1.165, 1.54) is 7.11 Å². The Bertz CT molecular complexity index is 729. The van der Waals surface area contributed by atoms with Crippen molar-refractivity contribution in [2.75, 3.05) is 35.0 Å². The standard InChI is InChI=1S/C20H24O6/c1-22-17-12-15(7-8-16(17)21)13-26-9-5-6-14-10-18(23-2)20(25-4)19(11-14)24-3/h5-8,10-12,21H,9,13H2,1-4H3. The zero-order chi connectivity index (χ0) is 18.9. The van der Waals surface area contributed by atoms with Crippen LogP contribution in [0.1, 0.15) is 11.1 Å². The first-order valence-electron chi connectivity index (χ1n) is 8.03. The van der Waals surface area contributed by atoms with Crippen molar-refractivity contribution in [3.8, 4) is 28.7 Å². The van der Waals surface area contributed by atoms with Crippen molar-refractivity contribution in [1.82, 2.24) is 0 Å². The summed E-state index contributed by atoms with van der Waals surface area (Å²) in [6, 6.07) is 8.85. The van der Waals surface area contributed by atoms with E-state index >= 15 is 0 Å². The molecule has 0 aromatic heterocycles. The van der Waals surface area contributed by atoms with Crippen LogP contribution in [-0.4, -0.2) is 40.2 Å². The Hall–Kier alpha value is -2.86. The maximum absolute atomic E-state index is 9.59. The highest BCUT2D eigenvalue weighted by Crippen LogP contribution is 2.38. The zero-order valence-corrected chi connectivity index (χ0v) is 15.4.